The van der Waals surface area contributed by atoms with Crippen molar-refractivity contribution >= 4 is 22.1 Å². The van der Waals surface area contributed by atoms with Crippen molar-refractivity contribution in [2.45, 2.75) is 25.3 Å². The quantitative estimate of drug-likeness (QED) is 0.812. The smallest absolute Gasteiger partial charge is 0.0488 e. The molecule has 2 heterocycles. The minimum absolute atomic E-state index is 0.0879. The van der Waals surface area contributed by atoms with Gasteiger partial charge in [-0.05, 0) is 38.0 Å². The van der Waals surface area contributed by atoms with Gasteiger partial charge in [-0.25, -0.2) is 0 Å². The van der Waals surface area contributed by atoms with Crippen LogP contribution < -0.4 is 11.1 Å². The first-order valence-corrected chi connectivity index (χ1v) is 6.66. The topological polar surface area (TPSA) is 60.2 Å². The second kappa shape index (κ2) is 4.70. The summed E-state index contributed by atoms with van der Waals surface area (Å²) in [7, 11) is 0. The summed E-state index contributed by atoms with van der Waals surface area (Å²) in [5, 5.41) is 5.79. The maximum Gasteiger partial charge on any atom is 0.0488 e. The average molecular weight is 257 g/mol. The summed E-state index contributed by atoms with van der Waals surface area (Å²) in [5.74, 6) is 0. The molecule has 1 aliphatic rings. The molecule has 0 aliphatic carbocycles. The first kappa shape index (κ1) is 12.2. The van der Waals surface area contributed by atoms with E-state index in [4.69, 9.17) is 10.5 Å². The van der Waals surface area contributed by atoms with Crippen LogP contribution in [0.1, 0.15) is 19.8 Å². The van der Waals surface area contributed by atoms with Gasteiger partial charge in [0.05, 0.1) is 0 Å². The van der Waals surface area contributed by atoms with E-state index in [1.807, 2.05) is 18.3 Å². The van der Waals surface area contributed by atoms with Crippen LogP contribution in [0.15, 0.2) is 30.6 Å². The Bertz CT molecular complexity index is 591. The molecule has 19 heavy (non-hydrogen) atoms. The molecule has 0 atom stereocenters. The minimum atomic E-state index is 0.0879. The number of hydrogen-bond donors (Lipinski definition) is 2. The Morgan fingerprint density at radius 2 is 2.00 bits per heavy atom. The maximum absolute atomic E-state index is 6.00. The van der Waals surface area contributed by atoms with Crippen LogP contribution in [0.3, 0.4) is 0 Å². The van der Waals surface area contributed by atoms with Crippen LogP contribution >= 0.6 is 0 Å². The largest absolute Gasteiger partial charge is 0.398 e. The van der Waals surface area contributed by atoms with E-state index < -0.39 is 0 Å². The predicted molar refractivity (Wildman–Crippen MR) is 78.2 cm³/mol. The lowest BCUT2D eigenvalue weighted by Crippen LogP contribution is -2.40. The third-order valence-electron chi connectivity index (χ3n) is 3.88. The van der Waals surface area contributed by atoms with E-state index in [1.54, 1.807) is 6.20 Å². The van der Waals surface area contributed by atoms with Crippen molar-refractivity contribution in [3.63, 3.8) is 0 Å². The fourth-order valence-electron chi connectivity index (χ4n) is 2.59. The molecule has 1 saturated heterocycles. The Morgan fingerprint density at radius 1 is 1.21 bits per heavy atom. The number of benzene rings is 1. The maximum atomic E-state index is 6.00. The minimum Gasteiger partial charge on any atom is -0.398 e. The second-order valence-electron chi connectivity index (χ2n) is 5.42. The van der Waals surface area contributed by atoms with Gasteiger partial charge >= 0.3 is 0 Å². The van der Waals surface area contributed by atoms with E-state index in [2.05, 4.69) is 23.3 Å². The van der Waals surface area contributed by atoms with E-state index in [-0.39, 0.29) is 5.54 Å². The highest BCUT2D eigenvalue weighted by atomic mass is 16.5. The lowest BCUT2D eigenvalue weighted by Gasteiger charge is -2.35. The number of fused-ring (bicyclic) bond motifs is 1. The van der Waals surface area contributed by atoms with Gasteiger partial charge < -0.3 is 15.8 Å². The van der Waals surface area contributed by atoms with Crippen LogP contribution in [0.25, 0.3) is 10.8 Å². The molecule has 1 fully saturated rings. The Labute approximate surface area is 113 Å². The number of nitrogens with zero attached hydrogens (tertiary/aromatic N) is 1. The van der Waals surface area contributed by atoms with Crippen LogP contribution in [0.2, 0.25) is 0 Å². The lowest BCUT2D eigenvalue weighted by atomic mass is 9.91. The van der Waals surface area contributed by atoms with Crippen LogP contribution in [0.5, 0.6) is 0 Å². The van der Waals surface area contributed by atoms with Gasteiger partial charge in [-0.3, -0.25) is 4.98 Å². The van der Waals surface area contributed by atoms with Gasteiger partial charge in [0.1, 0.15) is 0 Å². The van der Waals surface area contributed by atoms with Crippen molar-refractivity contribution in [3.8, 4) is 0 Å². The summed E-state index contributed by atoms with van der Waals surface area (Å²) in [6.45, 7) is 3.88. The molecule has 0 amide bonds. The molecule has 2 aromatic rings. The molecule has 0 spiro atoms. The predicted octanol–water partition coefficient (Wildman–Crippen LogP) is 2.80. The first-order valence-electron chi connectivity index (χ1n) is 6.66. The zero-order chi connectivity index (χ0) is 13.3. The summed E-state index contributed by atoms with van der Waals surface area (Å²) in [5.41, 5.74) is 7.98. The summed E-state index contributed by atoms with van der Waals surface area (Å²) < 4.78 is 5.44. The normalized spacial score (nSPS) is 18.4. The molecule has 1 aromatic carbocycles. The molecular formula is C15H19N3O. The van der Waals surface area contributed by atoms with Gasteiger partial charge in [0.15, 0.2) is 0 Å². The van der Waals surface area contributed by atoms with Crippen molar-refractivity contribution in [3.05, 3.63) is 30.6 Å². The molecule has 4 nitrogen and oxygen atoms in total. The Morgan fingerprint density at radius 3 is 2.79 bits per heavy atom. The number of rotatable bonds is 2. The molecule has 0 unspecified atom stereocenters. The Balaban J connectivity index is 1.99. The van der Waals surface area contributed by atoms with E-state index in [1.165, 1.54) is 0 Å². The third kappa shape index (κ3) is 2.36. The first-order chi connectivity index (χ1) is 9.18. The number of nitrogens with one attached hydrogen (secondary N) is 1. The SMILES string of the molecule is CC1(Nc2ccc(N)c3cnccc23)CCOCC1. The second-order valence-corrected chi connectivity index (χ2v) is 5.42. The highest BCUT2D eigenvalue weighted by Gasteiger charge is 2.27. The van der Waals surface area contributed by atoms with Crippen molar-refractivity contribution < 1.29 is 4.74 Å². The highest BCUT2D eigenvalue weighted by Crippen LogP contribution is 2.32. The van der Waals surface area contributed by atoms with Gasteiger partial charge in [-0.15, -0.1) is 0 Å². The zero-order valence-electron chi connectivity index (χ0n) is 11.1. The molecule has 0 bridgehead atoms. The monoisotopic (exact) mass is 257 g/mol. The van der Waals surface area contributed by atoms with E-state index in [0.717, 1.165) is 48.2 Å². The standard InChI is InChI=1S/C15H19N3O/c1-15(5-8-19-9-6-15)18-14-3-2-13(16)12-10-17-7-4-11(12)14/h2-4,7,10,18H,5-6,8-9,16H2,1H3. The lowest BCUT2D eigenvalue weighted by molar-refractivity contribution is 0.0658. The van der Waals surface area contributed by atoms with Gasteiger partial charge in [-0.1, -0.05) is 0 Å². The molecule has 4 heteroatoms. The van der Waals surface area contributed by atoms with Gasteiger partial charge in [0, 0.05) is 53.3 Å². The molecule has 0 saturated carbocycles. The number of hydrogen-bond acceptors (Lipinski definition) is 4. The zero-order valence-corrected chi connectivity index (χ0v) is 11.1. The highest BCUT2D eigenvalue weighted by molar-refractivity contribution is 6.00. The molecule has 0 radical (unpaired) electrons. The summed E-state index contributed by atoms with van der Waals surface area (Å²) in [4.78, 5) is 4.15. The third-order valence-corrected chi connectivity index (χ3v) is 3.88. The molecule has 1 aromatic heterocycles. The molecule has 1 aliphatic heterocycles. The van der Waals surface area contributed by atoms with E-state index in [0.29, 0.717) is 0 Å². The van der Waals surface area contributed by atoms with Crippen molar-refractivity contribution in [2.24, 2.45) is 0 Å². The summed E-state index contributed by atoms with van der Waals surface area (Å²) >= 11 is 0. The molecular weight excluding hydrogens is 238 g/mol. The summed E-state index contributed by atoms with van der Waals surface area (Å²) in [6.07, 6.45) is 5.66. The fraction of sp³-hybridized carbons (Fsp3) is 0.400. The molecule has 3 rings (SSSR count). The fourth-order valence-corrected chi connectivity index (χ4v) is 2.59. The van der Waals surface area contributed by atoms with E-state index in [9.17, 15) is 0 Å². The number of anilines is 2. The van der Waals surface area contributed by atoms with Crippen molar-refractivity contribution in [1.29, 1.82) is 0 Å². The number of nitrogens with two attached hydrogens (primary N) is 1. The van der Waals surface area contributed by atoms with Gasteiger partial charge in [0.25, 0.3) is 0 Å². The van der Waals surface area contributed by atoms with Crippen LogP contribution in [0.4, 0.5) is 11.4 Å². The van der Waals surface area contributed by atoms with Gasteiger partial charge in [0.2, 0.25) is 0 Å². The van der Waals surface area contributed by atoms with Crippen LogP contribution in [-0.4, -0.2) is 23.7 Å². The number of aromatic nitrogens is 1. The number of nitrogen functional groups attached to an aromatic ring is 1. The van der Waals surface area contributed by atoms with Crippen LogP contribution in [0, 0.1) is 0 Å². The number of pyridine rings is 1. The Hall–Kier alpha value is -1.81. The van der Waals surface area contributed by atoms with E-state index >= 15 is 0 Å². The van der Waals surface area contributed by atoms with Gasteiger partial charge in [-0.2, -0.15) is 0 Å². The molecule has 3 N–H and O–H groups in total. The summed E-state index contributed by atoms with van der Waals surface area (Å²) in [6, 6.07) is 6.00. The van der Waals surface area contributed by atoms with Crippen molar-refractivity contribution in [2.75, 3.05) is 24.3 Å². The Kier molecular flexibility index (Phi) is 3.03. The van der Waals surface area contributed by atoms with Crippen LogP contribution in [-0.2, 0) is 4.74 Å². The van der Waals surface area contributed by atoms with Crippen molar-refractivity contribution in [1.82, 2.24) is 4.98 Å². The number of ether oxygens (including phenoxy) is 1. The average Bonchev–Trinajstić information content (AvgIpc) is 2.43. The molecule has 100 valence electrons.